The molecule has 0 heterocycles. The summed E-state index contributed by atoms with van der Waals surface area (Å²) in [6, 6.07) is 13.0. The third-order valence-electron chi connectivity index (χ3n) is 2.66. The van der Waals surface area contributed by atoms with Crippen molar-refractivity contribution in [1.82, 2.24) is 0 Å². The first-order valence-corrected chi connectivity index (χ1v) is 5.86. The summed E-state index contributed by atoms with van der Waals surface area (Å²) >= 11 is 5.92. The first-order valence-electron chi connectivity index (χ1n) is 5.48. The number of halogens is 1. The van der Waals surface area contributed by atoms with Crippen LogP contribution < -0.4 is 5.73 Å². The summed E-state index contributed by atoms with van der Waals surface area (Å²) in [7, 11) is 0. The number of nitrogens with two attached hydrogens (primary N) is 1. The molecule has 2 aromatic carbocycles. The maximum atomic E-state index is 9.78. The predicted molar refractivity (Wildman–Crippen MR) is 71.3 cm³/mol. The molecule has 0 aliphatic heterocycles. The summed E-state index contributed by atoms with van der Waals surface area (Å²) in [4.78, 5) is 0. The van der Waals surface area contributed by atoms with Crippen LogP contribution in [0, 0.1) is 0 Å². The van der Waals surface area contributed by atoms with Crippen molar-refractivity contribution < 1.29 is 5.11 Å². The molecule has 3 heteroatoms. The van der Waals surface area contributed by atoms with Gasteiger partial charge in [0, 0.05) is 10.6 Å². The van der Waals surface area contributed by atoms with Gasteiger partial charge in [0.15, 0.2) is 0 Å². The van der Waals surface area contributed by atoms with Crippen LogP contribution in [0.15, 0.2) is 42.5 Å². The fraction of sp³-hybridized carbons (Fsp3) is 0.143. The van der Waals surface area contributed by atoms with Gasteiger partial charge < -0.3 is 10.8 Å². The van der Waals surface area contributed by atoms with Crippen LogP contribution in [-0.2, 0) is 6.42 Å². The van der Waals surface area contributed by atoms with Crippen molar-refractivity contribution >= 4 is 11.6 Å². The van der Waals surface area contributed by atoms with Crippen molar-refractivity contribution in [2.24, 2.45) is 5.73 Å². The number of aromatic hydroxyl groups is 1. The molecule has 0 amide bonds. The van der Waals surface area contributed by atoms with Gasteiger partial charge in [0.2, 0.25) is 0 Å². The van der Waals surface area contributed by atoms with Gasteiger partial charge in [-0.05, 0) is 42.3 Å². The Morgan fingerprint density at radius 2 is 1.76 bits per heavy atom. The van der Waals surface area contributed by atoms with Gasteiger partial charge in [0.1, 0.15) is 5.75 Å². The van der Waals surface area contributed by atoms with E-state index >= 15 is 0 Å². The summed E-state index contributed by atoms with van der Waals surface area (Å²) in [5.74, 6) is 0.237. The van der Waals surface area contributed by atoms with E-state index in [9.17, 15) is 5.11 Å². The lowest BCUT2D eigenvalue weighted by Crippen LogP contribution is -2.02. The van der Waals surface area contributed by atoms with Gasteiger partial charge in [0.05, 0.1) is 0 Å². The Hall–Kier alpha value is -1.51. The first-order chi connectivity index (χ1) is 8.20. The monoisotopic (exact) mass is 247 g/mol. The second-order valence-electron chi connectivity index (χ2n) is 3.90. The van der Waals surface area contributed by atoms with Crippen LogP contribution in [0.25, 0.3) is 11.1 Å². The van der Waals surface area contributed by atoms with E-state index in [-0.39, 0.29) is 5.75 Å². The van der Waals surface area contributed by atoms with E-state index in [0.29, 0.717) is 11.6 Å². The van der Waals surface area contributed by atoms with E-state index in [2.05, 4.69) is 0 Å². The molecule has 0 bridgehead atoms. The number of hydrogen-bond acceptors (Lipinski definition) is 2. The average Bonchev–Trinajstić information content (AvgIpc) is 2.34. The largest absolute Gasteiger partial charge is 0.507 e. The van der Waals surface area contributed by atoms with Crippen LogP contribution >= 0.6 is 11.6 Å². The maximum Gasteiger partial charge on any atom is 0.123 e. The van der Waals surface area contributed by atoms with Crippen LogP contribution in [0.3, 0.4) is 0 Å². The van der Waals surface area contributed by atoms with Crippen molar-refractivity contribution in [3.05, 3.63) is 53.1 Å². The summed E-state index contributed by atoms with van der Waals surface area (Å²) in [5, 5.41) is 10.4. The van der Waals surface area contributed by atoms with E-state index in [1.807, 2.05) is 24.3 Å². The third-order valence-corrected chi connectivity index (χ3v) is 2.89. The third kappa shape index (κ3) is 2.78. The molecule has 0 aliphatic carbocycles. The summed E-state index contributed by atoms with van der Waals surface area (Å²) < 4.78 is 0. The molecule has 0 fully saturated rings. The molecule has 0 radical (unpaired) electrons. The molecule has 0 aliphatic rings. The Morgan fingerprint density at radius 1 is 1.06 bits per heavy atom. The SMILES string of the molecule is NCCc1ccc(-c2cc(Cl)ccc2O)cc1. The lowest BCUT2D eigenvalue weighted by atomic mass is 10.0. The topological polar surface area (TPSA) is 46.2 Å². The van der Waals surface area contributed by atoms with E-state index in [1.165, 1.54) is 5.56 Å². The van der Waals surface area contributed by atoms with E-state index < -0.39 is 0 Å². The number of phenols is 1. The van der Waals surface area contributed by atoms with Gasteiger partial charge in [-0.2, -0.15) is 0 Å². The van der Waals surface area contributed by atoms with Crippen LogP contribution in [-0.4, -0.2) is 11.7 Å². The van der Waals surface area contributed by atoms with Gasteiger partial charge in [-0.25, -0.2) is 0 Å². The van der Waals surface area contributed by atoms with Gasteiger partial charge in [-0.1, -0.05) is 35.9 Å². The minimum Gasteiger partial charge on any atom is -0.507 e. The molecule has 0 saturated heterocycles. The number of rotatable bonds is 3. The highest BCUT2D eigenvalue weighted by molar-refractivity contribution is 6.31. The molecule has 0 aromatic heterocycles. The molecule has 2 aromatic rings. The fourth-order valence-electron chi connectivity index (χ4n) is 1.76. The zero-order chi connectivity index (χ0) is 12.3. The molecule has 17 heavy (non-hydrogen) atoms. The number of benzene rings is 2. The zero-order valence-electron chi connectivity index (χ0n) is 9.36. The molecule has 88 valence electrons. The van der Waals surface area contributed by atoms with Crippen molar-refractivity contribution in [3.63, 3.8) is 0 Å². The molecule has 0 spiro atoms. The molecular formula is C14H14ClNO. The zero-order valence-corrected chi connectivity index (χ0v) is 10.1. The van der Waals surface area contributed by atoms with Crippen LogP contribution in [0.5, 0.6) is 5.75 Å². The summed E-state index contributed by atoms with van der Waals surface area (Å²) in [6.45, 7) is 0.641. The van der Waals surface area contributed by atoms with E-state index in [4.69, 9.17) is 17.3 Å². The highest BCUT2D eigenvalue weighted by Crippen LogP contribution is 2.31. The van der Waals surface area contributed by atoms with Crippen molar-refractivity contribution in [2.45, 2.75) is 6.42 Å². The Kier molecular flexibility index (Phi) is 3.67. The van der Waals surface area contributed by atoms with Crippen molar-refractivity contribution in [3.8, 4) is 16.9 Å². The minimum atomic E-state index is 0.237. The smallest absolute Gasteiger partial charge is 0.123 e. The van der Waals surface area contributed by atoms with Gasteiger partial charge in [-0.3, -0.25) is 0 Å². The second kappa shape index (κ2) is 5.21. The molecule has 2 rings (SSSR count). The van der Waals surface area contributed by atoms with Gasteiger partial charge in [-0.15, -0.1) is 0 Å². The fourth-order valence-corrected chi connectivity index (χ4v) is 1.93. The van der Waals surface area contributed by atoms with Gasteiger partial charge >= 0.3 is 0 Å². The Labute approximate surface area is 106 Å². The lowest BCUT2D eigenvalue weighted by molar-refractivity contribution is 0.477. The molecule has 3 N–H and O–H groups in total. The second-order valence-corrected chi connectivity index (χ2v) is 4.33. The standard InChI is InChI=1S/C14H14ClNO/c15-12-5-6-14(17)13(9-12)11-3-1-10(2-4-11)7-8-16/h1-6,9,17H,7-8,16H2. The molecule has 0 saturated carbocycles. The minimum absolute atomic E-state index is 0.237. The summed E-state index contributed by atoms with van der Waals surface area (Å²) in [6.07, 6.45) is 0.863. The van der Waals surface area contributed by atoms with E-state index in [1.54, 1.807) is 18.2 Å². The van der Waals surface area contributed by atoms with Crippen LogP contribution in [0.1, 0.15) is 5.56 Å². The first kappa shape index (κ1) is 12.0. The normalized spacial score (nSPS) is 10.5. The predicted octanol–water partition coefficient (Wildman–Crippen LogP) is 3.21. The van der Waals surface area contributed by atoms with Crippen molar-refractivity contribution in [2.75, 3.05) is 6.54 Å². The molecule has 0 atom stereocenters. The number of phenolic OH excluding ortho intramolecular Hbond substituents is 1. The highest BCUT2D eigenvalue weighted by atomic mass is 35.5. The molecule has 0 unspecified atom stereocenters. The quantitative estimate of drug-likeness (QED) is 0.875. The van der Waals surface area contributed by atoms with Crippen molar-refractivity contribution in [1.29, 1.82) is 0 Å². The van der Waals surface area contributed by atoms with Crippen LogP contribution in [0.4, 0.5) is 0 Å². The number of hydrogen-bond donors (Lipinski definition) is 2. The summed E-state index contributed by atoms with van der Waals surface area (Å²) in [5.41, 5.74) is 8.39. The Morgan fingerprint density at radius 3 is 2.41 bits per heavy atom. The van der Waals surface area contributed by atoms with Crippen LogP contribution in [0.2, 0.25) is 5.02 Å². The highest BCUT2D eigenvalue weighted by Gasteiger charge is 2.04. The maximum absolute atomic E-state index is 9.78. The Bertz CT molecular complexity index is 508. The van der Waals surface area contributed by atoms with E-state index in [0.717, 1.165) is 17.5 Å². The average molecular weight is 248 g/mol. The molecule has 2 nitrogen and oxygen atoms in total. The Balaban J connectivity index is 2.36. The molecular weight excluding hydrogens is 234 g/mol. The van der Waals surface area contributed by atoms with Gasteiger partial charge in [0.25, 0.3) is 0 Å². The lowest BCUT2D eigenvalue weighted by Gasteiger charge is -2.06.